The van der Waals surface area contributed by atoms with E-state index in [1.807, 2.05) is 20.8 Å². The van der Waals surface area contributed by atoms with Crippen LogP contribution in [0.2, 0.25) is 5.02 Å². The van der Waals surface area contributed by atoms with Crippen LogP contribution in [0.3, 0.4) is 0 Å². The number of hydrogen-bond acceptors (Lipinski definition) is 0. The maximum atomic E-state index is 12.6. The molecule has 90 valence electrons. The van der Waals surface area contributed by atoms with Crippen LogP contribution in [0.5, 0.6) is 0 Å². The van der Waals surface area contributed by atoms with E-state index in [1.165, 1.54) is 6.07 Å². The van der Waals surface area contributed by atoms with Crippen LogP contribution >= 0.6 is 11.6 Å². The van der Waals surface area contributed by atoms with Gasteiger partial charge >= 0.3 is 6.18 Å². The van der Waals surface area contributed by atoms with E-state index in [1.54, 1.807) is 6.07 Å². The summed E-state index contributed by atoms with van der Waals surface area (Å²) in [5.41, 5.74) is -0.142. The predicted octanol–water partition coefficient (Wildman–Crippen LogP) is 4.95. The maximum absolute atomic E-state index is 12.6. The van der Waals surface area contributed by atoms with Gasteiger partial charge in [-0.2, -0.15) is 13.2 Å². The molecule has 0 heterocycles. The smallest absolute Gasteiger partial charge is 0.166 e. The lowest BCUT2D eigenvalue weighted by atomic mass is 9.87. The minimum atomic E-state index is -4.38. The van der Waals surface area contributed by atoms with Crippen molar-refractivity contribution >= 4 is 11.6 Å². The van der Waals surface area contributed by atoms with Crippen molar-refractivity contribution in [2.45, 2.75) is 33.4 Å². The molecule has 1 aromatic rings. The van der Waals surface area contributed by atoms with E-state index in [2.05, 4.69) is 0 Å². The average molecular weight is 251 g/mol. The predicted molar refractivity (Wildman–Crippen MR) is 59.6 cm³/mol. The molecular weight excluding hydrogens is 237 g/mol. The number of hydrogen-bond donors (Lipinski definition) is 0. The fourth-order valence-electron chi connectivity index (χ4n) is 1.51. The molecule has 1 rings (SSSR count). The molecule has 0 fully saturated rings. The van der Waals surface area contributed by atoms with Gasteiger partial charge in [0.1, 0.15) is 0 Å². The Labute approximate surface area is 98.4 Å². The lowest BCUT2D eigenvalue weighted by Gasteiger charge is -2.19. The minimum absolute atomic E-state index is 0.0449. The highest BCUT2D eigenvalue weighted by molar-refractivity contribution is 6.31. The molecule has 16 heavy (non-hydrogen) atoms. The zero-order valence-corrected chi connectivity index (χ0v) is 10.2. The molecule has 0 atom stereocenters. The second-order valence-corrected chi connectivity index (χ2v) is 5.46. The quantitative estimate of drug-likeness (QED) is 0.662. The Hall–Kier alpha value is -0.700. The lowest BCUT2D eigenvalue weighted by Crippen LogP contribution is -2.11. The van der Waals surface area contributed by atoms with E-state index in [0.29, 0.717) is 12.0 Å². The molecule has 1 aromatic carbocycles. The molecule has 0 radical (unpaired) electrons. The first-order chi connectivity index (χ1) is 7.09. The van der Waals surface area contributed by atoms with E-state index >= 15 is 0 Å². The largest absolute Gasteiger partial charge is 0.417 e. The van der Waals surface area contributed by atoms with Gasteiger partial charge in [0.2, 0.25) is 0 Å². The lowest BCUT2D eigenvalue weighted by molar-refractivity contribution is -0.137. The van der Waals surface area contributed by atoms with Crippen molar-refractivity contribution in [2.75, 3.05) is 0 Å². The van der Waals surface area contributed by atoms with E-state index in [9.17, 15) is 13.2 Å². The molecule has 0 nitrogen and oxygen atoms in total. The van der Waals surface area contributed by atoms with Crippen LogP contribution in [0.4, 0.5) is 13.2 Å². The van der Waals surface area contributed by atoms with E-state index in [4.69, 9.17) is 11.6 Å². The zero-order chi connectivity index (χ0) is 12.6. The van der Waals surface area contributed by atoms with E-state index in [-0.39, 0.29) is 10.4 Å². The Morgan fingerprint density at radius 1 is 1.12 bits per heavy atom. The highest BCUT2D eigenvalue weighted by Gasteiger charge is 2.33. The SMILES string of the molecule is CC(C)(C)Cc1ccc(Cl)c(C(F)(F)F)c1. The second kappa shape index (κ2) is 4.28. The second-order valence-electron chi connectivity index (χ2n) is 5.05. The van der Waals surface area contributed by atoms with Gasteiger partial charge in [0, 0.05) is 0 Å². The average Bonchev–Trinajstić information content (AvgIpc) is 2.04. The maximum Gasteiger partial charge on any atom is 0.417 e. The van der Waals surface area contributed by atoms with Crippen molar-refractivity contribution in [3.63, 3.8) is 0 Å². The van der Waals surface area contributed by atoms with Crippen LogP contribution in [0.15, 0.2) is 18.2 Å². The van der Waals surface area contributed by atoms with Gasteiger partial charge in [-0.3, -0.25) is 0 Å². The van der Waals surface area contributed by atoms with Crippen molar-refractivity contribution in [3.8, 4) is 0 Å². The number of benzene rings is 1. The molecule has 0 saturated carbocycles. The van der Waals surface area contributed by atoms with Crippen molar-refractivity contribution in [1.82, 2.24) is 0 Å². The topological polar surface area (TPSA) is 0 Å². The summed E-state index contributed by atoms with van der Waals surface area (Å²) in [6.07, 6.45) is -3.79. The van der Waals surface area contributed by atoms with Crippen LogP contribution in [-0.2, 0) is 12.6 Å². The van der Waals surface area contributed by atoms with Gasteiger partial charge in [-0.05, 0) is 29.5 Å². The molecule has 0 bridgehead atoms. The van der Waals surface area contributed by atoms with Gasteiger partial charge in [-0.1, -0.05) is 38.4 Å². The molecule has 0 aliphatic rings. The summed E-state index contributed by atoms with van der Waals surface area (Å²) in [6.45, 7) is 5.94. The summed E-state index contributed by atoms with van der Waals surface area (Å²) in [6, 6.07) is 4.09. The van der Waals surface area contributed by atoms with Crippen molar-refractivity contribution in [2.24, 2.45) is 5.41 Å². The molecule has 0 unspecified atom stereocenters. The summed E-state index contributed by atoms with van der Waals surface area (Å²) in [7, 11) is 0. The van der Waals surface area contributed by atoms with Crippen LogP contribution < -0.4 is 0 Å². The fourth-order valence-corrected chi connectivity index (χ4v) is 1.74. The van der Waals surface area contributed by atoms with Crippen LogP contribution in [0.25, 0.3) is 0 Å². The van der Waals surface area contributed by atoms with Gasteiger partial charge in [-0.25, -0.2) is 0 Å². The highest BCUT2D eigenvalue weighted by Crippen LogP contribution is 2.36. The third-order valence-corrected chi connectivity index (χ3v) is 2.40. The molecule has 0 spiro atoms. The summed E-state index contributed by atoms with van der Waals surface area (Å²) < 4.78 is 37.7. The first-order valence-electron chi connectivity index (χ1n) is 4.95. The van der Waals surface area contributed by atoms with Gasteiger partial charge in [0.05, 0.1) is 10.6 Å². The van der Waals surface area contributed by atoms with E-state index in [0.717, 1.165) is 6.07 Å². The molecule has 4 heteroatoms. The Bertz CT molecular complexity index is 375. The molecule has 0 aliphatic carbocycles. The van der Waals surface area contributed by atoms with Gasteiger partial charge in [0.25, 0.3) is 0 Å². The monoisotopic (exact) mass is 250 g/mol. The van der Waals surface area contributed by atoms with Gasteiger partial charge < -0.3 is 0 Å². The van der Waals surface area contributed by atoms with Crippen LogP contribution in [0, 0.1) is 5.41 Å². The summed E-state index contributed by atoms with van der Waals surface area (Å²) >= 11 is 5.53. The summed E-state index contributed by atoms with van der Waals surface area (Å²) in [5.74, 6) is 0. The molecule has 0 saturated heterocycles. The Balaban J connectivity index is 3.09. The molecule has 0 amide bonds. The zero-order valence-electron chi connectivity index (χ0n) is 9.45. The molecular formula is C12H14ClF3. The third kappa shape index (κ3) is 3.71. The standard InChI is InChI=1S/C12H14ClF3/c1-11(2,3)7-8-4-5-10(13)9(6-8)12(14,15)16/h4-6H,7H2,1-3H3. The summed E-state index contributed by atoms with van der Waals surface area (Å²) in [4.78, 5) is 0. The number of halogens is 4. The van der Waals surface area contributed by atoms with Crippen LogP contribution in [0.1, 0.15) is 31.9 Å². The van der Waals surface area contributed by atoms with Crippen LogP contribution in [-0.4, -0.2) is 0 Å². The minimum Gasteiger partial charge on any atom is -0.166 e. The first-order valence-corrected chi connectivity index (χ1v) is 5.33. The van der Waals surface area contributed by atoms with Gasteiger partial charge in [0.15, 0.2) is 0 Å². The molecule has 0 aromatic heterocycles. The molecule has 0 aliphatic heterocycles. The van der Waals surface area contributed by atoms with Crippen molar-refractivity contribution < 1.29 is 13.2 Å². The van der Waals surface area contributed by atoms with Gasteiger partial charge in [-0.15, -0.1) is 0 Å². The normalized spacial score (nSPS) is 12.9. The Morgan fingerprint density at radius 3 is 2.12 bits per heavy atom. The van der Waals surface area contributed by atoms with Crippen molar-refractivity contribution in [3.05, 3.63) is 34.3 Å². The number of alkyl halides is 3. The number of rotatable bonds is 1. The summed E-state index contributed by atoms with van der Waals surface area (Å²) in [5, 5.41) is -0.245. The Kier molecular flexibility index (Phi) is 3.58. The van der Waals surface area contributed by atoms with E-state index < -0.39 is 11.7 Å². The van der Waals surface area contributed by atoms with Crippen molar-refractivity contribution in [1.29, 1.82) is 0 Å². The molecule has 0 N–H and O–H groups in total. The Morgan fingerprint density at radius 2 is 1.69 bits per heavy atom. The fraction of sp³-hybridized carbons (Fsp3) is 0.500. The highest BCUT2D eigenvalue weighted by atomic mass is 35.5. The first kappa shape index (κ1) is 13.4. The third-order valence-electron chi connectivity index (χ3n) is 2.07.